The van der Waals surface area contributed by atoms with Crippen molar-refractivity contribution in [2.75, 3.05) is 13.2 Å². The first-order chi connectivity index (χ1) is 14.5. The van der Waals surface area contributed by atoms with E-state index < -0.39 is 0 Å². The van der Waals surface area contributed by atoms with Crippen molar-refractivity contribution in [1.82, 2.24) is 0 Å². The topological polar surface area (TPSA) is 52.6 Å². The van der Waals surface area contributed by atoms with E-state index in [9.17, 15) is 9.59 Å². The fourth-order valence-corrected chi connectivity index (χ4v) is 3.50. The second-order valence-corrected chi connectivity index (χ2v) is 8.37. The highest BCUT2D eigenvalue weighted by atomic mass is 16.5. The molecule has 0 N–H and O–H groups in total. The van der Waals surface area contributed by atoms with Gasteiger partial charge in [0.15, 0.2) is 0 Å². The SMILES string of the molecule is CCCCC(CC)COC(=O)Cc1cccc(CC(=O)OCC(CC)CCCC)c1. The van der Waals surface area contributed by atoms with Crippen LogP contribution in [0.3, 0.4) is 0 Å². The molecular weight excluding hydrogens is 376 g/mol. The number of esters is 2. The van der Waals surface area contributed by atoms with Crippen LogP contribution in [0, 0.1) is 11.8 Å². The third-order valence-electron chi connectivity index (χ3n) is 5.73. The van der Waals surface area contributed by atoms with E-state index in [-0.39, 0.29) is 24.8 Å². The van der Waals surface area contributed by atoms with E-state index in [4.69, 9.17) is 9.47 Å². The molecule has 2 unspecified atom stereocenters. The molecule has 0 saturated carbocycles. The van der Waals surface area contributed by atoms with Crippen LogP contribution in [0.15, 0.2) is 24.3 Å². The molecule has 0 saturated heterocycles. The van der Waals surface area contributed by atoms with Crippen LogP contribution in [-0.2, 0) is 31.9 Å². The van der Waals surface area contributed by atoms with Gasteiger partial charge in [-0.3, -0.25) is 9.59 Å². The van der Waals surface area contributed by atoms with Crippen LogP contribution in [0.4, 0.5) is 0 Å². The summed E-state index contributed by atoms with van der Waals surface area (Å²) in [5.41, 5.74) is 1.75. The number of benzene rings is 1. The average Bonchev–Trinajstić information content (AvgIpc) is 2.74. The summed E-state index contributed by atoms with van der Waals surface area (Å²) in [5.74, 6) is 0.483. The van der Waals surface area contributed by atoms with Crippen molar-refractivity contribution in [1.29, 1.82) is 0 Å². The molecule has 0 amide bonds. The lowest BCUT2D eigenvalue weighted by molar-refractivity contribution is -0.145. The van der Waals surface area contributed by atoms with Gasteiger partial charge in [0, 0.05) is 0 Å². The van der Waals surface area contributed by atoms with Crippen LogP contribution in [0.1, 0.15) is 90.2 Å². The molecule has 0 fully saturated rings. The number of unbranched alkanes of at least 4 members (excludes halogenated alkanes) is 2. The predicted octanol–water partition coefficient (Wildman–Crippen LogP) is 6.29. The van der Waals surface area contributed by atoms with Crippen LogP contribution in [0.2, 0.25) is 0 Å². The molecule has 170 valence electrons. The van der Waals surface area contributed by atoms with Gasteiger partial charge >= 0.3 is 11.9 Å². The summed E-state index contributed by atoms with van der Waals surface area (Å²) in [6.07, 6.45) is 9.42. The Kier molecular flexibility index (Phi) is 13.9. The smallest absolute Gasteiger partial charge is 0.310 e. The fraction of sp³-hybridized carbons (Fsp3) is 0.692. The first-order valence-electron chi connectivity index (χ1n) is 11.9. The number of rotatable bonds is 16. The molecule has 0 aliphatic heterocycles. The normalized spacial score (nSPS) is 12.9. The predicted molar refractivity (Wildman–Crippen MR) is 122 cm³/mol. The van der Waals surface area contributed by atoms with Crippen molar-refractivity contribution in [3.05, 3.63) is 35.4 Å². The molecule has 4 heteroatoms. The lowest BCUT2D eigenvalue weighted by Crippen LogP contribution is -2.16. The van der Waals surface area contributed by atoms with E-state index in [0.717, 1.165) is 49.7 Å². The van der Waals surface area contributed by atoms with Crippen LogP contribution < -0.4 is 0 Å². The fourth-order valence-electron chi connectivity index (χ4n) is 3.50. The van der Waals surface area contributed by atoms with Gasteiger partial charge in [0.1, 0.15) is 0 Å². The maximum atomic E-state index is 12.2. The number of hydrogen-bond acceptors (Lipinski definition) is 4. The molecule has 0 aromatic heterocycles. The van der Waals surface area contributed by atoms with E-state index in [1.807, 2.05) is 24.3 Å². The lowest BCUT2D eigenvalue weighted by atomic mass is 10.0. The van der Waals surface area contributed by atoms with E-state index in [1.54, 1.807) is 0 Å². The molecule has 0 radical (unpaired) electrons. The van der Waals surface area contributed by atoms with Crippen molar-refractivity contribution >= 4 is 11.9 Å². The molecular formula is C26H42O4. The van der Waals surface area contributed by atoms with E-state index in [2.05, 4.69) is 27.7 Å². The quantitative estimate of drug-likeness (QED) is 0.296. The molecule has 1 aromatic rings. The molecule has 30 heavy (non-hydrogen) atoms. The van der Waals surface area contributed by atoms with Crippen LogP contribution in [-0.4, -0.2) is 25.2 Å². The Balaban J connectivity index is 2.46. The molecule has 0 heterocycles. The maximum absolute atomic E-state index is 12.2. The zero-order valence-corrected chi connectivity index (χ0v) is 19.6. The summed E-state index contributed by atoms with van der Waals surface area (Å²) >= 11 is 0. The van der Waals surface area contributed by atoms with Crippen molar-refractivity contribution < 1.29 is 19.1 Å². The molecule has 1 rings (SSSR count). The number of ether oxygens (including phenoxy) is 2. The molecule has 0 bridgehead atoms. The Morgan fingerprint density at radius 1 is 0.767 bits per heavy atom. The first-order valence-corrected chi connectivity index (χ1v) is 11.9. The highest BCUT2D eigenvalue weighted by Crippen LogP contribution is 2.15. The Morgan fingerprint density at radius 3 is 1.57 bits per heavy atom. The second kappa shape index (κ2) is 15.9. The monoisotopic (exact) mass is 418 g/mol. The van der Waals surface area contributed by atoms with Gasteiger partial charge in [-0.2, -0.15) is 0 Å². The first kappa shape index (κ1) is 26.2. The minimum atomic E-state index is -0.202. The largest absolute Gasteiger partial charge is 0.465 e. The molecule has 0 spiro atoms. The summed E-state index contributed by atoms with van der Waals surface area (Å²) in [4.78, 5) is 24.4. The molecule has 0 aliphatic rings. The van der Waals surface area contributed by atoms with Gasteiger partial charge in [0.05, 0.1) is 26.1 Å². The molecule has 1 aromatic carbocycles. The van der Waals surface area contributed by atoms with Crippen LogP contribution in [0.25, 0.3) is 0 Å². The van der Waals surface area contributed by atoms with E-state index in [1.165, 1.54) is 12.8 Å². The standard InChI is InChI=1S/C26H42O4/c1-5-9-12-21(7-3)19-29-25(27)17-23-14-11-15-24(16-23)18-26(28)30-20-22(8-4)13-10-6-2/h11,14-16,21-22H,5-10,12-13,17-20H2,1-4H3. The summed E-state index contributed by atoms with van der Waals surface area (Å²) in [7, 11) is 0. The van der Waals surface area contributed by atoms with Gasteiger partial charge in [-0.15, -0.1) is 0 Å². The number of hydrogen-bond donors (Lipinski definition) is 0. The molecule has 2 atom stereocenters. The molecule has 4 nitrogen and oxygen atoms in total. The average molecular weight is 419 g/mol. The van der Waals surface area contributed by atoms with Crippen molar-refractivity contribution in [2.24, 2.45) is 11.8 Å². The van der Waals surface area contributed by atoms with Crippen molar-refractivity contribution in [3.8, 4) is 0 Å². The molecule has 0 aliphatic carbocycles. The van der Waals surface area contributed by atoms with Gasteiger partial charge in [0.2, 0.25) is 0 Å². The zero-order valence-electron chi connectivity index (χ0n) is 19.6. The third kappa shape index (κ3) is 11.4. The Labute approximate surface area is 183 Å². The van der Waals surface area contributed by atoms with Crippen molar-refractivity contribution in [3.63, 3.8) is 0 Å². The third-order valence-corrected chi connectivity index (χ3v) is 5.73. The van der Waals surface area contributed by atoms with Crippen LogP contribution >= 0.6 is 0 Å². The van der Waals surface area contributed by atoms with Crippen molar-refractivity contribution in [2.45, 2.75) is 91.9 Å². The highest BCUT2D eigenvalue weighted by Gasteiger charge is 2.13. The zero-order chi connectivity index (χ0) is 22.2. The summed E-state index contributed by atoms with van der Waals surface area (Å²) in [6, 6.07) is 7.60. The minimum absolute atomic E-state index is 0.202. The highest BCUT2D eigenvalue weighted by molar-refractivity contribution is 5.74. The van der Waals surface area contributed by atoms with Crippen LogP contribution in [0.5, 0.6) is 0 Å². The maximum Gasteiger partial charge on any atom is 0.310 e. The van der Waals surface area contributed by atoms with Gasteiger partial charge in [0.25, 0.3) is 0 Å². The van der Waals surface area contributed by atoms with E-state index in [0.29, 0.717) is 25.0 Å². The Bertz CT molecular complexity index is 562. The van der Waals surface area contributed by atoms with Gasteiger partial charge in [-0.25, -0.2) is 0 Å². The van der Waals surface area contributed by atoms with Gasteiger partial charge < -0.3 is 9.47 Å². The Hall–Kier alpha value is -1.84. The second-order valence-electron chi connectivity index (χ2n) is 8.37. The minimum Gasteiger partial charge on any atom is -0.465 e. The Morgan fingerprint density at radius 2 is 1.20 bits per heavy atom. The van der Waals surface area contributed by atoms with E-state index >= 15 is 0 Å². The van der Waals surface area contributed by atoms with Gasteiger partial charge in [-0.1, -0.05) is 90.5 Å². The number of carbonyl (C=O) groups is 2. The summed E-state index contributed by atoms with van der Waals surface area (Å²) in [5, 5.41) is 0. The lowest BCUT2D eigenvalue weighted by Gasteiger charge is -2.15. The summed E-state index contributed by atoms with van der Waals surface area (Å²) < 4.78 is 11.0. The van der Waals surface area contributed by atoms with Gasteiger partial charge in [-0.05, 0) is 35.8 Å². The summed E-state index contributed by atoms with van der Waals surface area (Å²) in [6.45, 7) is 9.63. The number of carbonyl (C=O) groups excluding carboxylic acids is 2.